The number of amides is 1. The molecule has 0 unspecified atom stereocenters. The topological polar surface area (TPSA) is 46.6 Å². The van der Waals surface area contributed by atoms with Crippen LogP contribution in [0.1, 0.15) is 34.6 Å². The van der Waals surface area contributed by atoms with Crippen molar-refractivity contribution in [2.45, 2.75) is 13.8 Å². The number of benzene rings is 1. The van der Waals surface area contributed by atoms with Crippen molar-refractivity contribution in [3.05, 3.63) is 35.4 Å². The number of hydrogen-bond donors (Lipinski definition) is 0. The fourth-order valence-electron chi connectivity index (χ4n) is 1.68. The minimum atomic E-state index is -0.235. The maximum Gasteiger partial charge on any atom is 0.278 e. The van der Waals surface area contributed by atoms with E-state index in [1.807, 2.05) is 13.8 Å². The van der Waals surface area contributed by atoms with Gasteiger partial charge in [-0.2, -0.15) is 0 Å². The molecule has 1 aliphatic heterocycles. The van der Waals surface area contributed by atoms with Crippen LogP contribution in [0.2, 0.25) is 0 Å². The summed E-state index contributed by atoms with van der Waals surface area (Å²) in [6.07, 6.45) is 0. The number of hydroxylamine groups is 2. The normalized spacial score (nSPS) is 15.4. The van der Waals surface area contributed by atoms with Crippen LogP contribution in [0.4, 0.5) is 0 Å². The van der Waals surface area contributed by atoms with Crippen molar-refractivity contribution in [2.75, 3.05) is 13.2 Å². The van der Waals surface area contributed by atoms with Gasteiger partial charge in [0.2, 0.25) is 0 Å². The predicted molar refractivity (Wildman–Crippen MR) is 62.6 cm³/mol. The van der Waals surface area contributed by atoms with Crippen molar-refractivity contribution >= 4 is 11.7 Å². The summed E-state index contributed by atoms with van der Waals surface area (Å²) in [5.74, 6) is -0.000113. The number of rotatable bonds is 3. The van der Waals surface area contributed by atoms with Crippen molar-refractivity contribution in [1.82, 2.24) is 5.06 Å². The van der Waals surface area contributed by atoms with Crippen LogP contribution in [0.3, 0.4) is 0 Å². The van der Waals surface area contributed by atoms with E-state index in [1.54, 1.807) is 24.3 Å². The molecule has 90 valence electrons. The van der Waals surface area contributed by atoms with Crippen molar-refractivity contribution in [2.24, 2.45) is 5.92 Å². The highest BCUT2D eigenvalue weighted by atomic mass is 16.7. The Morgan fingerprint density at radius 2 is 1.88 bits per heavy atom. The van der Waals surface area contributed by atoms with Gasteiger partial charge in [-0.3, -0.25) is 14.4 Å². The van der Waals surface area contributed by atoms with Gasteiger partial charge in [-0.25, -0.2) is 5.06 Å². The highest BCUT2D eigenvalue weighted by Gasteiger charge is 2.30. The van der Waals surface area contributed by atoms with Gasteiger partial charge in [-0.05, 0) is 12.0 Å². The molecule has 0 fully saturated rings. The first-order chi connectivity index (χ1) is 8.09. The molecule has 0 atom stereocenters. The number of ketones is 1. The lowest BCUT2D eigenvalue weighted by molar-refractivity contribution is -0.126. The van der Waals surface area contributed by atoms with Gasteiger partial charge >= 0.3 is 0 Å². The molecule has 1 heterocycles. The first kappa shape index (κ1) is 11.8. The van der Waals surface area contributed by atoms with E-state index in [4.69, 9.17) is 4.84 Å². The van der Waals surface area contributed by atoms with Crippen LogP contribution < -0.4 is 0 Å². The molecule has 0 saturated carbocycles. The zero-order valence-corrected chi connectivity index (χ0v) is 9.97. The second-order valence-electron chi connectivity index (χ2n) is 4.50. The molecule has 1 amide bonds. The Bertz CT molecular complexity index is 454. The molecule has 0 aromatic heterocycles. The smallest absolute Gasteiger partial charge is 0.278 e. The second kappa shape index (κ2) is 4.67. The summed E-state index contributed by atoms with van der Waals surface area (Å²) >= 11 is 0. The third-order valence-electron chi connectivity index (χ3n) is 2.54. The number of nitrogens with zero attached hydrogens (tertiary/aromatic N) is 1. The van der Waals surface area contributed by atoms with E-state index in [1.165, 1.54) is 0 Å². The Morgan fingerprint density at radius 1 is 1.24 bits per heavy atom. The lowest BCUT2D eigenvalue weighted by Crippen LogP contribution is -2.41. The van der Waals surface area contributed by atoms with E-state index in [9.17, 15) is 9.59 Å². The summed E-state index contributed by atoms with van der Waals surface area (Å²) in [6, 6.07) is 6.83. The van der Waals surface area contributed by atoms with E-state index in [2.05, 4.69) is 0 Å². The summed E-state index contributed by atoms with van der Waals surface area (Å²) in [4.78, 5) is 29.2. The first-order valence-electron chi connectivity index (χ1n) is 5.66. The Balaban J connectivity index is 2.21. The van der Waals surface area contributed by atoms with Gasteiger partial charge in [0.1, 0.15) is 6.54 Å². The van der Waals surface area contributed by atoms with Crippen LogP contribution in [-0.4, -0.2) is 29.9 Å². The quantitative estimate of drug-likeness (QED) is 0.801. The van der Waals surface area contributed by atoms with Crippen LogP contribution in [-0.2, 0) is 4.84 Å². The van der Waals surface area contributed by atoms with E-state index in [0.717, 1.165) is 5.06 Å². The molecular formula is C13H15NO3. The van der Waals surface area contributed by atoms with Gasteiger partial charge in [0, 0.05) is 5.56 Å². The van der Waals surface area contributed by atoms with Gasteiger partial charge in [-0.1, -0.05) is 32.0 Å². The molecule has 0 bridgehead atoms. The molecule has 1 aliphatic rings. The zero-order valence-electron chi connectivity index (χ0n) is 9.97. The monoisotopic (exact) mass is 233 g/mol. The highest BCUT2D eigenvalue weighted by Crippen LogP contribution is 2.19. The second-order valence-corrected chi connectivity index (χ2v) is 4.50. The number of fused-ring (bicyclic) bond motifs is 1. The lowest BCUT2D eigenvalue weighted by atomic mass is 9.99. The van der Waals surface area contributed by atoms with Crippen LogP contribution in [0.25, 0.3) is 0 Å². The van der Waals surface area contributed by atoms with E-state index in [-0.39, 0.29) is 18.2 Å². The number of carbonyl (C=O) groups is 2. The van der Waals surface area contributed by atoms with Crippen LogP contribution in [0, 0.1) is 5.92 Å². The standard InChI is InChI=1S/C13H15NO3/c1-9(2)8-17-14-7-12(15)10-5-3-4-6-11(10)13(14)16/h3-6,9H,7-8H2,1-2H3. The molecule has 2 rings (SSSR count). The minimum absolute atomic E-state index is 0.00255. The van der Waals surface area contributed by atoms with Gasteiger partial charge < -0.3 is 0 Å². The maximum atomic E-state index is 12.0. The van der Waals surface area contributed by atoms with Crippen molar-refractivity contribution < 1.29 is 14.4 Å². The third-order valence-corrected chi connectivity index (χ3v) is 2.54. The van der Waals surface area contributed by atoms with Gasteiger partial charge in [-0.15, -0.1) is 0 Å². The van der Waals surface area contributed by atoms with Gasteiger partial charge in [0.25, 0.3) is 5.91 Å². The Kier molecular flexibility index (Phi) is 3.24. The lowest BCUT2D eigenvalue weighted by Gasteiger charge is -2.27. The number of hydrogen-bond acceptors (Lipinski definition) is 3. The fourth-order valence-corrected chi connectivity index (χ4v) is 1.68. The largest absolute Gasteiger partial charge is 0.292 e. The SMILES string of the molecule is CC(C)CON1CC(=O)c2ccccc2C1=O. The summed E-state index contributed by atoms with van der Waals surface area (Å²) in [5, 5.41) is 1.16. The van der Waals surface area contributed by atoms with Crippen molar-refractivity contribution in [3.8, 4) is 0 Å². The summed E-state index contributed by atoms with van der Waals surface area (Å²) in [6.45, 7) is 4.41. The first-order valence-corrected chi connectivity index (χ1v) is 5.66. The van der Waals surface area contributed by atoms with Crippen molar-refractivity contribution in [3.63, 3.8) is 0 Å². The summed E-state index contributed by atoms with van der Waals surface area (Å²) in [5.41, 5.74) is 0.911. The summed E-state index contributed by atoms with van der Waals surface area (Å²) < 4.78 is 0. The molecule has 1 aromatic carbocycles. The predicted octanol–water partition coefficient (Wildman–Crippen LogP) is 1.91. The van der Waals surface area contributed by atoms with Gasteiger partial charge in [0.15, 0.2) is 5.78 Å². The molecule has 0 N–H and O–H groups in total. The minimum Gasteiger partial charge on any atom is -0.292 e. The van der Waals surface area contributed by atoms with Gasteiger partial charge in [0.05, 0.1) is 12.2 Å². The van der Waals surface area contributed by atoms with E-state index < -0.39 is 0 Å². The highest BCUT2D eigenvalue weighted by molar-refractivity contribution is 6.13. The van der Waals surface area contributed by atoms with Crippen LogP contribution in [0.5, 0.6) is 0 Å². The molecule has 1 aromatic rings. The molecular weight excluding hydrogens is 218 g/mol. The molecule has 0 radical (unpaired) electrons. The average molecular weight is 233 g/mol. The van der Waals surface area contributed by atoms with Crippen LogP contribution in [0.15, 0.2) is 24.3 Å². The van der Waals surface area contributed by atoms with Crippen LogP contribution >= 0.6 is 0 Å². The maximum absolute atomic E-state index is 12.0. The summed E-state index contributed by atoms with van der Waals surface area (Å²) in [7, 11) is 0. The molecule has 4 nitrogen and oxygen atoms in total. The molecule has 0 aliphatic carbocycles. The van der Waals surface area contributed by atoms with E-state index >= 15 is 0 Å². The molecule has 17 heavy (non-hydrogen) atoms. The van der Waals surface area contributed by atoms with Crippen molar-refractivity contribution in [1.29, 1.82) is 0 Å². The zero-order chi connectivity index (χ0) is 12.4. The van der Waals surface area contributed by atoms with E-state index in [0.29, 0.717) is 23.7 Å². The third kappa shape index (κ3) is 2.36. The molecule has 0 saturated heterocycles. The average Bonchev–Trinajstić information content (AvgIpc) is 2.32. The fraction of sp³-hybridized carbons (Fsp3) is 0.385. The Morgan fingerprint density at radius 3 is 2.53 bits per heavy atom. The Hall–Kier alpha value is -1.68. The number of carbonyl (C=O) groups excluding carboxylic acids is 2. The molecule has 4 heteroatoms. The number of Topliss-reactive ketones (excluding diaryl/α,β-unsaturated/α-hetero) is 1. The Labute approximate surface area is 100 Å². The molecule has 0 spiro atoms.